The Morgan fingerprint density at radius 2 is 1.73 bits per heavy atom. The Balaban J connectivity index is 1.75. The molecule has 0 heterocycles. The van der Waals surface area contributed by atoms with Crippen LogP contribution in [-0.4, -0.2) is 24.3 Å². The lowest BCUT2D eigenvalue weighted by Crippen LogP contribution is -2.20. The first-order valence-corrected chi connectivity index (χ1v) is 9.53. The lowest BCUT2D eigenvalue weighted by atomic mass is 10.1. The zero-order chi connectivity index (χ0) is 18.9. The van der Waals surface area contributed by atoms with Crippen LogP contribution in [0.25, 0.3) is 0 Å². The van der Waals surface area contributed by atoms with E-state index < -0.39 is 0 Å². The first-order valence-electron chi connectivity index (χ1n) is 8.31. The maximum atomic E-state index is 12.0. The van der Waals surface area contributed by atoms with E-state index in [1.165, 1.54) is 4.90 Å². The van der Waals surface area contributed by atoms with Crippen LogP contribution in [0.1, 0.15) is 29.5 Å². The second kappa shape index (κ2) is 9.77. The Kier molecular flexibility index (Phi) is 7.41. The number of thioether (sulfide) groups is 1. The van der Waals surface area contributed by atoms with Gasteiger partial charge in [0.15, 0.2) is 0 Å². The maximum absolute atomic E-state index is 12.0. The second-order valence-electron chi connectivity index (χ2n) is 5.93. The predicted octanol–water partition coefficient (Wildman–Crippen LogP) is 3.89. The smallest absolute Gasteiger partial charge is 0.240 e. The van der Waals surface area contributed by atoms with Gasteiger partial charge in [-0.3, -0.25) is 9.59 Å². The van der Waals surface area contributed by atoms with Crippen molar-refractivity contribution in [3.05, 3.63) is 59.2 Å². The largest absolute Gasteiger partial charge is 0.326 e. The highest BCUT2D eigenvalue weighted by Gasteiger charge is 2.08. The molecule has 2 rings (SSSR count). The molecule has 0 saturated carbocycles. The van der Waals surface area contributed by atoms with E-state index in [1.807, 2.05) is 62.6 Å². The number of amides is 2. The molecule has 0 aliphatic rings. The third-order valence-corrected chi connectivity index (χ3v) is 4.50. The summed E-state index contributed by atoms with van der Waals surface area (Å²) in [7, 11) is 0. The third-order valence-electron chi connectivity index (χ3n) is 3.75. The summed E-state index contributed by atoms with van der Waals surface area (Å²) in [5, 5.41) is 6.75. The van der Waals surface area contributed by atoms with Crippen LogP contribution in [-0.2, 0) is 9.59 Å². The van der Waals surface area contributed by atoms with Crippen molar-refractivity contribution in [2.45, 2.75) is 31.6 Å². The highest BCUT2D eigenvalue weighted by molar-refractivity contribution is 7.98. The van der Waals surface area contributed by atoms with Crippen molar-refractivity contribution in [1.82, 2.24) is 5.43 Å². The van der Waals surface area contributed by atoms with Crippen molar-refractivity contribution in [3.8, 4) is 0 Å². The number of anilines is 1. The molecule has 0 fully saturated rings. The van der Waals surface area contributed by atoms with E-state index in [-0.39, 0.29) is 24.7 Å². The van der Waals surface area contributed by atoms with Gasteiger partial charge in [-0.2, -0.15) is 5.10 Å². The number of rotatable bonds is 7. The average Bonchev–Trinajstić information content (AvgIpc) is 2.63. The van der Waals surface area contributed by atoms with Crippen LogP contribution in [0, 0.1) is 13.8 Å². The Hall–Kier alpha value is -2.60. The predicted molar refractivity (Wildman–Crippen MR) is 108 cm³/mol. The summed E-state index contributed by atoms with van der Waals surface area (Å²) in [6.07, 6.45) is 3.79. The van der Waals surface area contributed by atoms with Gasteiger partial charge in [0, 0.05) is 23.4 Å². The van der Waals surface area contributed by atoms with Crippen LogP contribution < -0.4 is 10.7 Å². The lowest BCUT2D eigenvalue weighted by molar-refractivity contribution is -0.124. The molecule has 2 N–H and O–H groups in total. The van der Waals surface area contributed by atoms with E-state index in [4.69, 9.17) is 0 Å². The molecule has 0 unspecified atom stereocenters. The molecule has 5 nitrogen and oxygen atoms in total. The van der Waals surface area contributed by atoms with Crippen molar-refractivity contribution in [3.63, 3.8) is 0 Å². The second-order valence-corrected chi connectivity index (χ2v) is 6.81. The van der Waals surface area contributed by atoms with Gasteiger partial charge in [0.1, 0.15) is 0 Å². The van der Waals surface area contributed by atoms with Crippen LogP contribution in [0.3, 0.4) is 0 Å². The van der Waals surface area contributed by atoms with E-state index in [1.54, 1.807) is 18.0 Å². The number of nitrogens with one attached hydrogen (secondary N) is 2. The fraction of sp³-hybridized carbons (Fsp3) is 0.250. The summed E-state index contributed by atoms with van der Waals surface area (Å²) in [6, 6.07) is 13.7. The average molecular weight is 369 g/mol. The highest BCUT2D eigenvalue weighted by atomic mass is 32.2. The van der Waals surface area contributed by atoms with Gasteiger partial charge in [0.05, 0.1) is 6.21 Å². The first-order chi connectivity index (χ1) is 12.5. The van der Waals surface area contributed by atoms with Gasteiger partial charge in [-0.05, 0) is 49.4 Å². The molecule has 2 amide bonds. The van der Waals surface area contributed by atoms with Crippen molar-refractivity contribution in [1.29, 1.82) is 0 Å². The van der Waals surface area contributed by atoms with Crippen molar-refractivity contribution in [2.24, 2.45) is 5.10 Å². The third kappa shape index (κ3) is 6.37. The minimum atomic E-state index is -0.294. The number of hydrogen-bond donors (Lipinski definition) is 2. The quantitative estimate of drug-likeness (QED) is 0.442. The molecule has 0 saturated heterocycles. The first kappa shape index (κ1) is 19.7. The van der Waals surface area contributed by atoms with E-state index in [2.05, 4.69) is 15.8 Å². The Bertz CT molecular complexity index is 801. The fourth-order valence-corrected chi connectivity index (χ4v) is 2.73. The van der Waals surface area contributed by atoms with Crippen LogP contribution in [0.15, 0.2) is 52.5 Å². The van der Waals surface area contributed by atoms with Crippen molar-refractivity contribution in [2.75, 3.05) is 11.6 Å². The van der Waals surface area contributed by atoms with Crippen LogP contribution in [0.4, 0.5) is 5.69 Å². The van der Waals surface area contributed by atoms with Gasteiger partial charge in [0.25, 0.3) is 0 Å². The van der Waals surface area contributed by atoms with Gasteiger partial charge in [-0.25, -0.2) is 5.43 Å². The van der Waals surface area contributed by atoms with E-state index in [0.717, 1.165) is 22.4 Å². The number of carbonyl (C=O) groups excluding carboxylic acids is 2. The van der Waals surface area contributed by atoms with Crippen LogP contribution >= 0.6 is 11.8 Å². The number of benzene rings is 2. The number of nitrogens with zero attached hydrogens (tertiary/aromatic N) is 1. The summed E-state index contributed by atoms with van der Waals surface area (Å²) in [4.78, 5) is 24.9. The number of aryl methyl sites for hydroxylation is 2. The van der Waals surface area contributed by atoms with Gasteiger partial charge in [-0.15, -0.1) is 11.8 Å². The van der Waals surface area contributed by atoms with Crippen LogP contribution in [0.2, 0.25) is 0 Å². The lowest BCUT2D eigenvalue weighted by Gasteiger charge is -2.08. The molecule has 0 spiro atoms. The summed E-state index contributed by atoms with van der Waals surface area (Å²) in [6.45, 7) is 3.94. The highest BCUT2D eigenvalue weighted by Crippen LogP contribution is 2.16. The summed E-state index contributed by atoms with van der Waals surface area (Å²) in [5.74, 6) is -0.485. The normalized spacial score (nSPS) is 10.7. The van der Waals surface area contributed by atoms with E-state index >= 15 is 0 Å². The number of carbonyl (C=O) groups is 2. The number of hydrazone groups is 1. The monoisotopic (exact) mass is 369 g/mol. The molecule has 0 radical (unpaired) electrons. The molecular formula is C20H23N3O2S. The minimum Gasteiger partial charge on any atom is -0.326 e. The Morgan fingerprint density at radius 1 is 1.04 bits per heavy atom. The molecule has 2 aromatic carbocycles. The number of hydrogen-bond acceptors (Lipinski definition) is 4. The van der Waals surface area contributed by atoms with Gasteiger partial charge >= 0.3 is 0 Å². The maximum Gasteiger partial charge on any atom is 0.240 e. The molecule has 26 heavy (non-hydrogen) atoms. The molecule has 0 aliphatic heterocycles. The molecule has 0 aromatic heterocycles. The van der Waals surface area contributed by atoms with Crippen molar-refractivity contribution < 1.29 is 9.59 Å². The molecule has 0 atom stereocenters. The topological polar surface area (TPSA) is 70.6 Å². The molecule has 136 valence electrons. The van der Waals surface area contributed by atoms with Crippen molar-refractivity contribution >= 4 is 35.5 Å². The Labute approximate surface area is 158 Å². The van der Waals surface area contributed by atoms with Gasteiger partial charge in [0.2, 0.25) is 11.8 Å². The summed E-state index contributed by atoms with van der Waals surface area (Å²) >= 11 is 1.67. The van der Waals surface area contributed by atoms with E-state index in [0.29, 0.717) is 0 Å². The molecular weight excluding hydrogens is 346 g/mol. The molecule has 0 aliphatic carbocycles. The summed E-state index contributed by atoms with van der Waals surface area (Å²) < 4.78 is 0. The van der Waals surface area contributed by atoms with Gasteiger partial charge < -0.3 is 5.32 Å². The summed E-state index contributed by atoms with van der Waals surface area (Å²) in [5.41, 5.74) is 6.25. The van der Waals surface area contributed by atoms with Crippen LogP contribution in [0.5, 0.6) is 0 Å². The Morgan fingerprint density at radius 3 is 2.38 bits per heavy atom. The molecule has 0 bridgehead atoms. The van der Waals surface area contributed by atoms with Gasteiger partial charge in [-0.1, -0.05) is 29.8 Å². The minimum absolute atomic E-state index is 0.0828. The zero-order valence-electron chi connectivity index (χ0n) is 15.2. The van der Waals surface area contributed by atoms with E-state index in [9.17, 15) is 9.59 Å². The fourth-order valence-electron chi connectivity index (χ4n) is 2.32. The zero-order valence-corrected chi connectivity index (χ0v) is 16.0. The SMILES string of the molecule is CSc1ccc(/C=N/NC(=O)CCC(=O)Nc2ccc(C)cc2C)cc1. The standard InChI is InChI=1S/C20H23N3O2S/c1-14-4-9-18(15(2)12-14)22-19(24)10-11-20(25)23-21-13-16-5-7-17(26-3)8-6-16/h4-9,12-13H,10-11H2,1-3H3,(H,22,24)(H,23,25)/b21-13+. The molecule has 2 aromatic rings. The molecule has 6 heteroatoms.